The number of benzene rings is 1. The van der Waals surface area contributed by atoms with Gasteiger partial charge < -0.3 is 10.1 Å². The van der Waals surface area contributed by atoms with Gasteiger partial charge in [-0.05, 0) is 31.4 Å². The third-order valence-electron chi connectivity index (χ3n) is 3.08. The number of rotatable bonds is 3. The standard InChI is InChI=1S/C13H15NO2/c15-9-10-6-7-11(8-10)13(16)14-12-4-2-1-3-5-12/h1-5,9-11H,6-8H2,(H,14,16)/t10-,11-/m0/s1. The smallest absolute Gasteiger partial charge is 0.227 e. The molecule has 1 saturated carbocycles. The van der Waals surface area contributed by atoms with E-state index in [1.54, 1.807) is 0 Å². The van der Waals surface area contributed by atoms with Gasteiger partial charge in [-0.2, -0.15) is 0 Å². The number of nitrogens with one attached hydrogen (secondary N) is 1. The Kier molecular flexibility index (Phi) is 3.34. The Morgan fingerprint density at radius 3 is 2.62 bits per heavy atom. The molecule has 2 atom stereocenters. The Labute approximate surface area is 94.9 Å². The van der Waals surface area contributed by atoms with Gasteiger partial charge in [0.15, 0.2) is 0 Å². The second kappa shape index (κ2) is 4.92. The van der Waals surface area contributed by atoms with E-state index in [2.05, 4.69) is 5.32 Å². The molecule has 0 aromatic heterocycles. The lowest BCUT2D eigenvalue weighted by Gasteiger charge is -2.10. The Bertz CT molecular complexity index is 375. The molecule has 16 heavy (non-hydrogen) atoms. The van der Waals surface area contributed by atoms with Gasteiger partial charge in [-0.25, -0.2) is 0 Å². The van der Waals surface area contributed by atoms with E-state index in [-0.39, 0.29) is 17.7 Å². The van der Waals surface area contributed by atoms with Gasteiger partial charge in [0.1, 0.15) is 6.29 Å². The van der Waals surface area contributed by atoms with Crippen molar-refractivity contribution in [3.05, 3.63) is 30.3 Å². The van der Waals surface area contributed by atoms with E-state index in [0.717, 1.165) is 24.8 Å². The largest absolute Gasteiger partial charge is 0.326 e. The first-order chi connectivity index (χ1) is 7.79. The molecule has 3 heteroatoms. The molecule has 1 N–H and O–H groups in total. The highest BCUT2D eigenvalue weighted by Gasteiger charge is 2.29. The first kappa shape index (κ1) is 10.9. The van der Waals surface area contributed by atoms with Gasteiger partial charge in [0, 0.05) is 17.5 Å². The highest BCUT2D eigenvalue weighted by atomic mass is 16.2. The molecule has 0 bridgehead atoms. The molecule has 1 fully saturated rings. The average Bonchev–Trinajstić information content (AvgIpc) is 2.79. The van der Waals surface area contributed by atoms with Gasteiger partial charge in [-0.15, -0.1) is 0 Å². The van der Waals surface area contributed by atoms with Crippen LogP contribution in [-0.2, 0) is 9.59 Å². The molecule has 3 nitrogen and oxygen atoms in total. The summed E-state index contributed by atoms with van der Waals surface area (Å²) in [4.78, 5) is 22.5. The third kappa shape index (κ3) is 2.48. The maximum Gasteiger partial charge on any atom is 0.227 e. The maximum absolute atomic E-state index is 11.8. The minimum atomic E-state index is -0.00425. The average molecular weight is 217 g/mol. The van der Waals surface area contributed by atoms with Crippen LogP contribution in [0.1, 0.15) is 19.3 Å². The summed E-state index contributed by atoms with van der Waals surface area (Å²) in [7, 11) is 0. The van der Waals surface area contributed by atoms with Crippen molar-refractivity contribution in [3.63, 3.8) is 0 Å². The summed E-state index contributed by atoms with van der Waals surface area (Å²) < 4.78 is 0. The Morgan fingerprint density at radius 2 is 2.00 bits per heavy atom. The highest BCUT2D eigenvalue weighted by molar-refractivity contribution is 5.92. The predicted molar refractivity (Wildman–Crippen MR) is 62.0 cm³/mol. The first-order valence-electron chi connectivity index (χ1n) is 5.61. The molecule has 0 unspecified atom stereocenters. The van der Waals surface area contributed by atoms with Crippen molar-refractivity contribution in [2.75, 3.05) is 5.32 Å². The van der Waals surface area contributed by atoms with Gasteiger partial charge in [-0.3, -0.25) is 4.79 Å². The van der Waals surface area contributed by atoms with E-state index in [0.29, 0.717) is 6.42 Å². The lowest BCUT2D eigenvalue weighted by atomic mass is 10.1. The summed E-state index contributed by atoms with van der Waals surface area (Å²) in [5.74, 6) is 0.109. The van der Waals surface area contributed by atoms with Gasteiger partial charge >= 0.3 is 0 Å². The number of anilines is 1. The van der Waals surface area contributed by atoms with Gasteiger partial charge in [-0.1, -0.05) is 18.2 Å². The molecular formula is C13H15NO2. The number of para-hydroxylation sites is 1. The number of aldehydes is 1. The number of carbonyl (C=O) groups excluding carboxylic acids is 2. The lowest BCUT2D eigenvalue weighted by Crippen LogP contribution is -2.20. The first-order valence-corrected chi connectivity index (χ1v) is 5.61. The quantitative estimate of drug-likeness (QED) is 0.789. The molecule has 1 aliphatic carbocycles. The van der Waals surface area contributed by atoms with Crippen molar-refractivity contribution in [3.8, 4) is 0 Å². The number of hydrogen-bond donors (Lipinski definition) is 1. The van der Waals surface area contributed by atoms with Crippen LogP contribution in [0.5, 0.6) is 0 Å². The molecule has 0 spiro atoms. The van der Waals surface area contributed by atoms with E-state index in [4.69, 9.17) is 0 Å². The fourth-order valence-electron chi connectivity index (χ4n) is 2.14. The number of carbonyl (C=O) groups is 2. The zero-order chi connectivity index (χ0) is 11.4. The van der Waals surface area contributed by atoms with E-state index < -0.39 is 0 Å². The van der Waals surface area contributed by atoms with Crippen molar-refractivity contribution >= 4 is 17.9 Å². The molecule has 84 valence electrons. The summed E-state index contributed by atoms with van der Waals surface area (Å²) in [5.41, 5.74) is 0.821. The van der Waals surface area contributed by atoms with Crippen LogP contribution in [0.2, 0.25) is 0 Å². The number of hydrogen-bond acceptors (Lipinski definition) is 2. The lowest BCUT2D eigenvalue weighted by molar-refractivity contribution is -0.119. The molecule has 0 radical (unpaired) electrons. The molecule has 0 saturated heterocycles. The second-order valence-electron chi connectivity index (χ2n) is 4.26. The summed E-state index contributed by atoms with van der Waals surface area (Å²) in [5, 5.41) is 2.87. The summed E-state index contributed by atoms with van der Waals surface area (Å²) >= 11 is 0. The van der Waals surface area contributed by atoms with Crippen molar-refractivity contribution < 1.29 is 9.59 Å². The predicted octanol–water partition coefficient (Wildman–Crippen LogP) is 2.24. The molecule has 2 rings (SSSR count). The molecule has 0 heterocycles. The second-order valence-corrected chi connectivity index (χ2v) is 4.26. The summed E-state index contributed by atoms with van der Waals surface area (Å²) in [6.45, 7) is 0. The Balaban J connectivity index is 1.92. The molecular weight excluding hydrogens is 202 g/mol. The van der Waals surface area contributed by atoms with E-state index in [1.807, 2.05) is 30.3 Å². The van der Waals surface area contributed by atoms with Crippen molar-refractivity contribution in [2.24, 2.45) is 11.8 Å². The van der Waals surface area contributed by atoms with Crippen LogP contribution in [-0.4, -0.2) is 12.2 Å². The van der Waals surface area contributed by atoms with Crippen molar-refractivity contribution in [1.82, 2.24) is 0 Å². The van der Waals surface area contributed by atoms with Crippen LogP contribution < -0.4 is 5.32 Å². The molecule has 0 aliphatic heterocycles. The van der Waals surface area contributed by atoms with Crippen LogP contribution in [0.3, 0.4) is 0 Å². The fourth-order valence-corrected chi connectivity index (χ4v) is 2.14. The van der Waals surface area contributed by atoms with Gasteiger partial charge in [0.25, 0.3) is 0 Å². The fraction of sp³-hybridized carbons (Fsp3) is 0.385. The third-order valence-corrected chi connectivity index (χ3v) is 3.08. The van der Waals surface area contributed by atoms with Crippen molar-refractivity contribution in [1.29, 1.82) is 0 Å². The molecule has 1 aliphatic rings. The van der Waals surface area contributed by atoms with Crippen LogP contribution in [0.25, 0.3) is 0 Å². The summed E-state index contributed by atoms with van der Waals surface area (Å²) in [6, 6.07) is 9.42. The van der Waals surface area contributed by atoms with Crippen LogP contribution in [0, 0.1) is 11.8 Å². The van der Waals surface area contributed by atoms with E-state index in [9.17, 15) is 9.59 Å². The number of amides is 1. The summed E-state index contributed by atoms with van der Waals surface area (Å²) in [6.07, 6.45) is 3.33. The van der Waals surface area contributed by atoms with Crippen LogP contribution >= 0.6 is 0 Å². The van der Waals surface area contributed by atoms with Crippen LogP contribution in [0.4, 0.5) is 5.69 Å². The Morgan fingerprint density at radius 1 is 1.25 bits per heavy atom. The molecule has 1 aromatic rings. The van der Waals surface area contributed by atoms with Gasteiger partial charge in [0.2, 0.25) is 5.91 Å². The maximum atomic E-state index is 11.8. The van der Waals surface area contributed by atoms with E-state index in [1.165, 1.54) is 0 Å². The Hall–Kier alpha value is -1.64. The van der Waals surface area contributed by atoms with Gasteiger partial charge in [0.05, 0.1) is 0 Å². The topological polar surface area (TPSA) is 46.2 Å². The minimum Gasteiger partial charge on any atom is -0.326 e. The molecule has 1 amide bonds. The van der Waals surface area contributed by atoms with Crippen LogP contribution in [0.15, 0.2) is 30.3 Å². The zero-order valence-electron chi connectivity index (χ0n) is 9.06. The normalized spacial score (nSPS) is 24.0. The highest BCUT2D eigenvalue weighted by Crippen LogP contribution is 2.30. The molecule has 1 aromatic carbocycles. The monoisotopic (exact) mass is 217 g/mol. The van der Waals surface area contributed by atoms with E-state index >= 15 is 0 Å². The minimum absolute atomic E-state index is 0.00425. The zero-order valence-corrected chi connectivity index (χ0v) is 9.06. The van der Waals surface area contributed by atoms with Crippen molar-refractivity contribution in [2.45, 2.75) is 19.3 Å². The SMILES string of the molecule is O=C[C@H]1CC[C@H](C(=O)Nc2ccccc2)C1.